The van der Waals surface area contributed by atoms with Crippen LogP contribution in [0.25, 0.3) is 22.4 Å². The molecule has 130 valence electrons. The van der Waals surface area contributed by atoms with Crippen molar-refractivity contribution < 1.29 is 12.9 Å². The van der Waals surface area contributed by atoms with Crippen LogP contribution in [0.15, 0.2) is 64.0 Å². The summed E-state index contributed by atoms with van der Waals surface area (Å²) in [5, 5.41) is 10.4. The van der Waals surface area contributed by atoms with Crippen molar-refractivity contribution in [3.05, 3.63) is 54.6 Å². The van der Waals surface area contributed by atoms with Crippen molar-refractivity contribution in [1.82, 2.24) is 5.16 Å². The number of nitrogens with two attached hydrogens (primary N) is 1. The summed E-state index contributed by atoms with van der Waals surface area (Å²) in [5.74, 6) is 0. The lowest BCUT2D eigenvalue weighted by Crippen LogP contribution is -2.37. The van der Waals surface area contributed by atoms with Crippen LogP contribution in [-0.4, -0.2) is 21.6 Å². The number of rotatable bonds is 4. The summed E-state index contributed by atoms with van der Waals surface area (Å²) < 4.78 is 28.7. The van der Waals surface area contributed by atoms with Gasteiger partial charge in [0.05, 0.1) is 4.90 Å². The van der Waals surface area contributed by atoms with Gasteiger partial charge in [0.15, 0.2) is 0 Å². The summed E-state index contributed by atoms with van der Waals surface area (Å²) in [4.78, 5) is 0.0866. The molecule has 2 aromatic carbocycles. The fraction of sp³-hybridized carbons (Fsp3) is 0.167. The first-order valence-corrected chi connectivity index (χ1v) is 12.9. The largest absolute Gasteiger partial charge is 0.365 e. The minimum Gasteiger partial charge on any atom is -0.365 e. The minimum atomic E-state index is -3.72. The van der Waals surface area contributed by atoms with Crippen LogP contribution in [0.1, 0.15) is 0 Å². The van der Waals surface area contributed by atoms with Gasteiger partial charge >= 0.3 is 0 Å². The molecule has 0 unspecified atom stereocenters. The van der Waals surface area contributed by atoms with Gasteiger partial charge < -0.3 is 4.52 Å². The molecule has 25 heavy (non-hydrogen) atoms. The van der Waals surface area contributed by atoms with E-state index in [1.165, 1.54) is 12.1 Å². The zero-order valence-electron chi connectivity index (χ0n) is 14.4. The van der Waals surface area contributed by atoms with Gasteiger partial charge in [0, 0.05) is 11.1 Å². The third kappa shape index (κ3) is 3.58. The number of aromatic nitrogens is 1. The second-order valence-electron chi connectivity index (χ2n) is 6.92. The van der Waals surface area contributed by atoms with Crippen LogP contribution in [0.2, 0.25) is 19.6 Å². The summed E-state index contributed by atoms with van der Waals surface area (Å²) in [6.07, 6.45) is 0. The van der Waals surface area contributed by atoms with Crippen LogP contribution in [0.4, 0.5) is 0 Å². The molecule has 0 amide bonds. The number of benzene rings is 2. The Bertz CT molecular complexity index is 989. The smallest absolute Gasteiger partial charge is 0.238 e. The fourth-order valence-electron chi connectivity index (χ4n) is 2.67. The van der Waals surface area contributed by atoms with E-state index >= 15 is 0 Å². The molecule has 0 aliphatic rings. The van der Waals surface area contributed by atoms with Crippen LogP contribution < -0.4 is 10.5 Å². The molecule has 0 fully saturated rings. The first-order chi connectivity index (χ1) is 11.7. The van der Waals surface area contributed by atoms with Crippen molar-refractivity contribution >= 4 is 23.5 Å². The molecule has 0 saturated heterocycles. The third-order valence-electron chi connectivity index (χ3n) is 3.89. The van der Waals surface area contributed by atoms with E-state index in [2.05, 4.69) is 24.8 Å². The van der Waals surface area contributed by atoms with Gasteiger partial charge in [0.2, 0.25) is 10.0 Å². The maximum Gasteiger partial charge on any atom is 0.238 e. The van der Waals surface area contributed by atoms with Gasteiger partial charge in [-0.05, 0) is 17.7 Å². The Kier molecular flexibility index (Phi) is 4.40. The van der Waals surface area contributed by atoms with Crippen LogP contribution >= 0.6 is 0 Å². The monoisotopic (exact) mass is 372 g/mol. The molecule has 3 aromatic rings. The Morgan fingerprint density at radius 3 is 2.04 bits per heavy atom. The Hall–Kier alpha value is -2.22. The number of primary sulfonamides is 1. The molecular weight excluding hydrogens is 352 g/mol. The molecule has 3 rings (SSSR count). The van der Waals surface area contributed by atoms with Crippen LogP contribution in [0.3, 0.4) is 0 Å². The number of hydrogen-bond acceptors (Lipinski definition) is 4. The van der Waals surface area contributed by atoms with Crippen molar-refractivity contribution in [3.8, 4) is 22.4 Å². The van der Waals surface area contributed by atoms with Crippen LogP contribution in [0, 0.1) is 0 Å². The highest BCUT2D eigenvalue weighted by atomic mass is 32.2. The Labute approximate surface area is 148 Å². The second-order valence-corrected chi connectivity index (χ2v) is 13.4. The number of nitrogens with zero attached hydrogens (tertiary/aromatic N) is 1. The molecular formula is C18H20N2O3SSi. The number of hydrogen-bond donors (Lipinski definition) is 1. The fourth-order valence-corrected chi connectivity index (χ4v) is 4.52. The van der Waals surface area contributed by atoms with Crippen LogP contribution in [0.5, 0.6) is 0 Å². The molecule has 1 heterocycles. The molecule has 0 aliphatic carbocycles. The molecule has 0 spiro atoms. The van der Waals surface area contributed by atoms with E-state index in [1.807, 2.05) is 30.3 Å². The van der Waals surface area contributed by atoms with E-state index in [9.17, 15) is 8.42 Å². The van der Waals surface area contributed by atoms with Crippen molar-refractivity contribution in [2.75, 3.05) is 0 Å². The molecule has 0 atom stereocenters. The first-order valence-electron chi connectivity index (χ1n) is 7.87. The Balaban J connectivity index is 2.21. The molecule has 0 radical (unpaired) electrons. The predicted octanol–water partition coefficient (Wildman–Crippen LogP) is 3.20. The van der Waals surface area contributed by atoms with Crippen molar-refractivity contribution in [2.45, 2.75) is 24.5 Å². The SMILES string of the molecule is C[Si](C)(C)c1onc(-c2ccccc2)c1-c1ccc(S(N)(=O)=O)cc1. The van der Waals surface area contributed by atoms with Gasteiger partial charge in [0.25, 0.3) is 0 Å². The summed E-state index contributed by atoms with van der Waals surface area (Å²) in [6, 6.07) is 16.3. The minimum absolute atomic E-state index is 0.0866. The highest BCUT2D eigenvalue weighted by Crippen LogP contribution is 2.32. The van der Waals surface area contributed by atoms with Crippen molar-refractivity contribution in [2.24, 2.45) is 5.14 Å². The van der Waals surface area contributed by atoms with Gasteiger partial charge in [-0.1, -0.05) is 67.3 Å². The highest BCUT2D eigenvalue weighted by Gasteiger charge is 2.30. The third-order valence-corrected chi connectivity index (χ3v) is 6.52. The Morgan fingerprint density at radius 1 is 0.920 bits per heavy atom. The van der Waals surface area contributed by atoms with Crippen LogP contribution in [-0.2, 0) is 10.0 Å². The van der Waals surface area contributed by atoms with E-state index in [1.54, 1.807) is 12.1 Å². The average molecular weight is 373 g/mol. The predicted molar refractivity (Wildman–Crippen MR) is 102 cm³/mol. The van der Waals surface area contributed by atoms with Gasteiger partial charge in [-0.15, -0.1) is 0 Å². The summed E-state index contributed by atoms with van der Waals surface area (Å²) in [7, 11) is -5.51. The maximum absolute atomic E-state index is 11.5. The van der Waals surface area contributed by atoms with E-state index in [-0.39, 0.29) is 4.90 Å². The molecule has 5 nitrogen and oxygen atoms in total. The van der Waals surface area contributed by atoms with Crippen molar-refractivity contribution in [1.29, 1.82) is 0 Å². The topological polar surface area (TPSA) is 86.2 Å². The first kappa shape index (κ1) is 17.6. The van der Waals surface area contributed by atoms with E-state index < -0.39 is 18.1 Å². The summed E-state index contributed by atoms with van der Waals surface area (Å²) >= 11 is 0. The summed E-state index contributed by atoms with van der Waals surface area (Å²) in [6.45, 7) is 6.56. The molecule has 0 saturated carbocycles. The van der Waals surface area contributed by atoms with Crippen molar-refractivity contribution in [3.63, 3.8) is 0 Å². The van der Waals surface area contributed by atoms with Gasteiger partial charge in [-0.2, -0.15) is 0 Å². The summed E-state index contributed by atoms with van der Waals surface area (Å²) in [5.41, 5.74) is 3.51. The lowest BCUT2D eigenvalue weighted by molar-refractivity contribution is 0.446. The van der Waals surface area contributed by atoms with E-state index in [0.717, 1.165) is 27.8 Å². The molecule has 1 aromatic heterocycles. The van der Waals surface area contributed by atoms with Gasteiger partial charge in [-0.25, -0.2) is 13.6 Å². The standard InChI is InChI=1S/C18H20N2O3SSi/c1-25(2,3)18-16(13-9-11-15(12-10-13)24(19,21)22)17(20-23-18)14-7-5-4-6-8-14/h4-12H,1-3H3,(H2,19,21,22). The maximum atomic E-state index is 11.5. The number of sulfonamides is 1. The lowest BCUT2D eigenvalue weighted by atomic mass is 10.0. The average Bonchev–Trinajstić information content (AvgIpc) is 3.00. The molecule has 2 N–H and O–H groups in total. The molecule has 0 aliphatic heterocycles. The second kappa shape index (κ2) is 6.25. The zero-order chi connectivity index (χ0) is 18.2. The normalized spacial score (nSPS) is 12.3. The Morgan fingerprint density at radius 2 is 1.52 bits per heavy atom. The molecule has 7 heteroatoms. The quantitative estimate of drug-likeness (QED) is 0.713. The van der Waals surface area contributed by atoms with E-state index in [0.29, 0.717) is 0 Å². The van der Waals surface area contributed by atoms with E-state index in [4.69, 9.17) is 9.66 Å². The van der Waals surface area contributed by atoms with Gasteiger partial charge in [0.1, 0.15) is 19.2 Å². The lowest BCUT2D eigenvalue weighted by Gasteiger charge is -2.14. The molecule has 0 bridgehead atoms. The zero-order valence-corrected chi connectivity index (χ0v) is 16.2. The van der Waals surface area contributed by atoms with Gasteiger partial charge in [-0.3, -0.25) is 0 Å². The highest BCUT2D eigenvalue weighted by molar-refractivity contribution is 7.89.